The second-order valence-corrected chi connectivity index (χ2v) is 8.03. The number of phenolic OH excluding ortho intramolecular Hbond substituents is 2. The number of hydrogen-bond donors (Lipinski definition) is 2. The third-order valence-electron chi connectivity index (χ3n) is 4.96. The van der Waals surface area contributed by atoms with Crippen molar-refractivity contribution in [2.45, 2.75) is 5.60 Å². The van der Waals surface area contributed by atoms with Gasteiger partial charge < -0.3 is 23.8 Å². The van der Waals surface area contributed by atoms with Crippen molar-refractivity contribution in [3.8, 4) is 23.0 Å². The van der Waals surface area contributed by atoms with Crippen LogP contribution in [0.1, 0.15) is 27.0 Å². The van der Waals surface area contributed by atoms with Gasteiger partial charge in [-0.25, -0.2) is 4.79 Å². The zero-order valence-electron chi connectivity index (χ0n) is 14.2. The molecule has 3 aromatic carbocycles. The minimum atomic E-state index is -1.25. The highest BCUT2D eigenvalue weighted by atomic mass is 28.3. The lowest BCUT2D eigenvalue weighted by atomic mass is 9.77. The molecule has 28 heavy (non-hydrogen) atoms. The lowest BCUT2D eigenvalue weighted by molar-refractivity contribution is 0.0224. The number of carbonyl (C=O) groups is 1. The minimum absolute atomic E-state index is 0.0183. The van der Waals surface area contributed by atoms with E-state index in [4.69, 9.17) is 13.6 Å². The number of fused-ring (bicyclic) bond motifs is 6. The molecule has 2 aliphatic heterocycles. The summed E-state index contributed by atoms with van der Waals surface area (Å²) >= 11 is 0. The van der Waals surface area contributed by atoms with Crippen molar-refractivity contribution in [3.05, 3.63) is 76.9 Å². The first kappa shape index (κ1) is 17.1. The van der Waals surface area contributed by atoms with Gasteiger partial charge in [-0.3, -0.25) is 0 Å². The van der Waals surface area contributed by atoms with Crippen LogP contribution in [0.5, 0.6) is 23.0 Å². The Morgan fingerprint density at radius 3 is 2.18 bits per heavy atom. The van der Waals surface area contributed by atoms with Gasteiger partial charge in [-0.2, -0.15) is 0 Å². The molecule has 0 atom stereocenters. The van der Waals surface area contributed by atoms with Crippen molar-refractivity contribution in [3.63, 3.8) is 0 Å². The van der Waals surface area contributed by atoms with Crippen molar-refractivity contribution in [1.29, 1.82) is 0 Å². The Hall–Kier alpha value is -3.08. The van der Waals surface area contributed by atoms with Crippen molar-refractivity contribution in [1.82, 2.24) is 0 Å². The van der Waals surface area contributed by atoms with Crippen LogP contribution in [0.15, 0.2) is 54.6 Å². The number of esters is 1. The molecule has 5 radical (unpaired) electrons. The summed E-state index contributed by atoms with van der Waals surface area (Å²) in [6, 6.07) is 14.8. The number of hydrogen-bond acceptors (Lipinski definition) is 6. The fraction of sp³-hybridized carbons (Fsp3) is 0.0500. The Morgan fingerprint density at radius 2 is 1.57 bits per heavy atom. The molecule has 0 aliphatic carbocycles. The number of carbonyl (C=O) groups excluding carboxylic acids is 1. The Bertz CT molecular complexity index is 1090. The van der Waals surface area contributed by atoms with Crippen LogP contribution >= 0.6 is 0 Å². The Balaban J connectivity index is 1.87. The SMILES string of the molecule is O=C1OC2(c3ccc(O)cc3Oc3cc(O)ccc32)c2cccc([Si]O[Si])c21. The Labute approximate surface area is 165 Å². The number of ether oxygens (including phenoxy) is 2. The molecule has 6 nitrogen and oxygen atoms in total. The van der Waals surface area contributed by atoms with Crippen molar-refractivity contribution < 1.29 is 28.6 Å². The zero-order valence-corrected chi connectivity index (χ0v) is 16.2. The standard InChI is InChI=1S/C20H11O6Si2/c21-10-4-6-12-15(8-10)24-16-9-11(22)5-7-13(16)20(12)14-2-1-3-17(28-26-27)18(14)19(23)25-20/h1-9,21-22H. The summed E-state index contributed by atoms with van der Waals surface area (Å²) in [5.41, 5.74) is 1.04. The largest absolute Gasteiger partial charge is 0.508 e. The molecule has 5 rings (SSSR count). The summed E-state index contributed by atoms with van der Waals surface area (Å²) in [6.07, 6.45) is 0. The summed E-state index contributed by atoms with van der Waals surface area (Å²) in [7, 11) is 2.92. The molecular formula is C20H11O6Si2. The Kier molecular flexibility index (Phi) is 3.63. The topological polar surface area (TPSA) is 85.2 Å². The van der Waals surface area contributed by atoms with E-state index in [1.54, 1.807) is 12.1 Å². The Morgan fingerprint density at radius 1 is 0.929 bits per heavy atom. The third kappa shape index (κ3) is 2.19. The van der Waals surface area contributed by atoms with Crippen LogP contribution in [0.25, 0.3) is 0 Å². The maximum atomic E-state index is 13.0. The van der Waals surface area contributed by atoms with Gasteiger partial charge in [0.2, 0.25) is 10.5 Å². The van der Waals surface area contributed by atoms with Crippen LogP contribution in [0.4, 0.5) is 0 Å². The molecule has 0 fully saturated rings. The first-order valence-electron chi connectivity index (χ1n) is 8.35. The maximum Gasteiger partial charge on any atom is 0.340 e. The van der Waals surface area contributed by atoms with E-state index in [2.05, 4.69) is 10.5 Å². The molecule has 0 saturated carbocycles. The zero-order chi connectivity index (χ0) is 19.5. The van der Waals surface area contributed by atoms with Gasteiger partial charge in [-0.1, -0.05) is 18.2 Å². The van der Waals surface area contributed by atoms with Gasteiger partial charge in [0.15, 0.2) is 5.60 Å². The van der Waals surface area contributed by atoms with Crippen LogP contribution in [0.3, 0.4) is 0 Å². The lowest BCUT2D eigenvalue weighted by Crippen LogP contribution is -2.33. The van der Waals surface area contributed by atoms with Crippen LogP contribution < -0.4 is 9.92 Å². The van der Waals surface area contributed by atoms with Crippen molar-refractivity contribution >= 4 is 31.4 Å². The van der Waals surface area contributed by atoms with Crippen molar-refractivity contribution in [2.24, 2.45) is 0 Å². The molecule has 0 unspecified atom stereocenters. The molecule has 8 heteroatoms. The van der Waals surface area contributed by atoms with E-state index in [-0.39, 0.29) is 21.3 Å². The highest BCUT2D eigenvalue weighted by Gasteiger charge is 2.54. The van der Waals surface area contributed by atoms with Gasteiger partial charge in [-0.15, -0.1) is 0 Å². The quantitative estimate of drug-likeness (QED) is 0.503. The summed E-state index contributed by atoms with van der Waals surface area (Å²) in [4.78, 5) is 13.0. The molecule has 2 N–H and O–H groups in total. The number of phenols is 2. The molecule has 2 heterocycles. The van der Waals surface area contributed by atoms with Gasteiger partial charge in [0.05, 0.1) is 5.56 Å². The summed E-state index contributed by atoms with van der Waals surface area (Å²) in [5.74, 6) is 0.266. The molecule has 1 spiro atoms. The van der Waals surface area contributed by atoms with E-state index < -0.39 is 11.6 Å². The summed E-state index contributed by atoms with van der Waals surface area (Å²) in [5, 5.41) is 20.6. The predicted molar refractivity (Wildman–Crippen MR) is 100 cm³/mol. The van der Waals surface area contributed by atoms with E-state index in [0.29, 0.717) is 38.9 Å². The fourth-order valence-electron chi connectivity index (χ4n) is 3.89. The summed E-state index contributed by atoms with van der Waals surface area (Å²) in [6.45, 7) is 0. The van der Waals surface area contributed by atoms with Gasteiger partial charge in [-0.05, 0) is 29.5 Å². The normalized spacial score (nSPS) is 15.4. The second kappa shape index (κ2) is 5.96. The van der Waals surface area contributed by atoms with E-state index in [0.717, 1.165) is 0 Å². The number of benzene rings is 3. The lowest BCUT2D eigenvalue weighted by Gasteiger charge is -2.36. The minimum Gasteiger partial charge on any atom is -0.508 e. The molecular weight excluding hydrogens is 392 g/mol. The highest BCUT2D eigenvalue weighted by Crippen LogP contribution is 2.56. The molecule has 0 aromatic heterocycles. The number of aromatic hydroxyl groups is 2. The summed E-state index contributed by atoms with van der Waals surface area (Å²) < 4.78 is 17.0. The van der Waals surface area contributed by atoms with Crippen LogP contribution in [-0.4, -0.2) is 36.4 Å². The van der Waals surface area contributed by atoms with E-state index in [1.807, 2.05) is 18.2 Å². The molecule has 2 aliphatic rings. The van der Waals surface area contributed by atoms with Gasteiger partial charge in [0.1, 0.15) is 23.0 Å². The van der Waals surface area contributed by atoms with Crippen LogP contribution in [0, 0.1) is 0 Å². The number of rotatable bonds is 2. The van der Waals surface area contributed by atoms with Gasteiger partial charge >= 0.3 is 5.97 Å². The van der Waals surface area contributed by atoms with Crippen molar-refractivity contribution in [2.75, 3.05) is 0 Å². The van der Waals surface area contributed by atoms with Crippen LogP contribution in [-0.2, 0) is 14.5 Å². The smallest absolute Gasteiger partial charge is 0.340 e. The first-order valence-corrected chi connectivity index (χ1v) is 9.66. The van der Waals surface area contributed by atoms with Gasteiger partial charge in [0.25, 0.3) is 9.76 Å². The first-order chi connectivity index (χ1) is 13.5. The van der Waals surface area contributed by atoms with E-state index in [9.17, 15) is 15.0 Å². The highest BCUT2D eigenvalue weighted by molar-refractivity contribution is 6.53. The van der Waals surface area contributed by atoms with Gasteiger partial charge in [0, 0.05) is 28.8 Å². The molecule has 0 saturated heterocycles. The average Bonchev–Trinajstić information content (AvgIpc) is 2.96. The monoisotopic (exact) mass is 403 g/mol. The fourth-order valence-corrected chi connectivity index (χ4v) is 4.83. The maximum absolute atomic E-state index is 13.0. The predicted octanol–water partition coefficient (Wildman–Crippen LogP) is 2.01. The average molecular weight is 403 g/mol. The molecule has 0 amide bonds. The molecule has 3 aromatic rings. The molecule has 0 bridgehead atoms. The molecule has 135 valence electrons. The van der Waals surface area contributed by atoms with Crippen LogP contribution in [0.2, 0.25) is 0 Å². The third-order valence-corrected chi connectivity index (χ3v) is 6.01. The van der Waals surface area contributed by atoms with E-state index >= 15 is 0 Å². The van der Waals surface area contributed by atoms with E-state index in [1.165, 1.54) is 24.3 Å². The second-order valence-electron chi connectivity index (χ2n) is 6.47.